The number of amides is 1. The van der Waals surface area contributed by atoms with Crippen LogP contribution in [0.2, 0.25) is 5.15 Å². The second kappa shape index (κ2) is 9.01. The van der Waals surface area contributed by atoms with Crippen molar-refractivity contribution in [3.63, 3.8) is 0 Å². The third kappa shape index (κ3) is 5.61. The van der Waals surface area contributed by atoms with Gasteiger partial charge < -0.3 is 10.1 Å². The molecule has 0 saturated carbocycles. The molecule has 6 heteroatoms. The molecule has 23 heavy (non-hydrogen) atoms. The molecule has 0 aliphatic rings. The Labute approximate surface area is 149 Å². The fourth-order valence-corrected chi connectivity index (χ4v) is 2.55. The Hall–Kier alpha value is -1.43. The highest BCUT2D eigenvalue weighted by Crippen LogP contribution is 2.18. The molecule has 4 nitrogen and oxygen atoms in total. The van der Waals surface area contributed by atoms with Gasteiger partial charge in [0.1, 0.15) is 5.15 Å². The van der Waals surface area contributed by atoms with E-state index >= 15 is 0 Å². The van der Waals surface area contributed by atoms with Crippen LogP contribution in [0.15, 0.2) is 47.1 Å². The topological polar surface area (TPSA) is 51.2 Å². The molecule has 0 radical (unpaired) electrons. The summed E-state index contributed by atoms with van der Waals surface area (Å²) in [5.74, 6) is -0.236. The summed E-state index contributed by atoms with van der Waals surface area (Å²) in [6.45, 7) is 3.10. The van der Waals surface area contributed by atoms with Crippen molar-refractivity contribution in [3.8, 4) is 0 Å². The van der Waals surface area contributed by atoms with E-state index in [4.69, 9.17) is 16.3 Å². The highest BCUT2D eigenvalue weighted by molar-refractivity contribution is 9.10. The van der Waals surface area contributed by atoms with Gasteiger partial charge in [0.25, 0.3) is 5.91 Å². The lowest BCUT2D eigenvalue weighted by Crippen LogP contribution is -2.25. The first-order chi connectivity index (χ1) is 11.1. The number of hydrogen-bond donors (Lipinski definition) is 1. The van der Waals surface area contributed by atoms with Gasteiger partial charge in [-0.05, 0) is 40.9 Å². The van der Waals surface area contributed by atoms with E-state index in [-0.39, 0.29) is 17.2 Å². The van der Waals surface area contributed by atoms with Gasteiger partial charge >= 0.3 is 0 Å². The van der Waals surface area contributed by atoms with Crippen LogP contribution >= 0.6 is 27.5 Å². The number of aromatic nitrogens is 1. The Morgan fingerprint density at radius 3 is 2.87 bits per heavy atom. The van der Waals surface area contributed by atoms with Crippen molar-refractivity contribution in [3.05, 3.63) is 63.3 Å². The molecule has 0 aliphatic heterocycles. The van der Waals surface area contributed by atoms with Crippen LogP contribution in [0.1, 0.15) is 35.4 Å². The van der Waals surface area contributed by atoms with Crippen molar-refractivity contribution in [1.29, 1.82) is 0 Å². The van der Waals surface area contributed by atoms with Crippen molar-refractivity contribution in [2.24, 2.45) is 0 Å². The lowest BCUT2D eigenvalue weighted by molar-refractivity contribution is 0.0635. The monoisotopic (exact) mass is 396 g/mol. The SMILES string of the molecule is CC(OCCCNC(=O)c1cc(Br)cnc1Cl)c1ccccc1. The Balaban J connectivity index is 1.71. The molecule has 0 aliphatic carbocycles. The summed E-state index contributed by atoms with van der Waals surface area (Å²) in [4.78, 5) is 16.0. The van der Waals surface area contributed by atoms with Gasteiger partial charge in [-0.1, -0.05) is 41.9 Å². The molecule has 0 fully saturated rings. The molecular formula is C17H18BrClN2O2. The summed E-state index contributed by atoms with van der Waals surface area (Å²) in [5, 5.41) is 3.01. The average molecular weight is 398 g/mol. The van der Waals surface area contributed by atoms with Crippen molar-refractivity contribution < 1.29 is 9.53 Å². The van der Waals surface area contributed by atoms with Gasteiger partial charge in [0.15, 0.2) is 0 Å². The second-order valence-electron chi connectivity index (χ2n) is 5.03. The van der Waals surface area contributed by atoms with Crippen LogP contribution in [-0.4, -0.2) is 24.0 Å². The molecule has 0 saturated heterocycles. The van der Waals surface area contributed by atoms with Crippen LogP contribution < -0.4 is 5.32 Å². The van der Waals surface area contributed by atoms with Crippen LogP contribution in [0.4, 0.5) is 0 Å². The van der Waals surface area contributed by atoms with E-state index in [1.165, 1.54) is 0 Å². The highest BCUT2D eigenvalue weighted by atomic mass is 79.9. The van der Waals surface area contributed by atoms with Crippen LogP contribution in [0.3, 0.4) is 0 Å². The number of halogens is 2. The fraction of sp³-hybridized carbons (Fsp3) is 0.294. The number of rotatable bonds is 7. The zero-order valence-electron chi connectivity index (χ0n) is 12.8. The lowest BCUT2D eigenvalue weighted by atomic mass is 10.1. The molecular weight excluding hydrogens is 380 g/mol. The van der Waals surface area contributed by atoms with Crippen LogP contribution in [-0.2, 0) is 4.74 Å². The van der Waals surface area contributed by atoms with E-state index in [1.807, 2.05) is 37.3 Å². The smallest absolute Gasteiger partial charge is 0.254 e. The molecule has 1 atom stereocenters. The number of carbonyl (C=O) groups excluding carboxylic acids is 1. The quantitative estimate of drug-likeness (QED) is 0.556. The maximum absolute atomic E-state index is 12.0. The maximum atomic E-state index is 12.0. The summed E-state index contributed by atoms with van der Waals surface area (Å²) in [5.41, 5.74) is 1.50. The number of nitrogens with zero attached hydrogens (tertiary/aromatic N) is 1. The van der Waals surface area contributed by atoms with Gasteiger partial charge in [0.05, 0.1) is 11.7 Å². The molecule has 1 heterocycles. The second-order valence-corrected chi connectivity index (χ2v) is 6.30. The van der Waals surface area contributed by atoms with Gasteiger partial charge in [-0.25, -0.2) is 4.98 Å². The lowest BCUT2D eigenvalue weighted by Gasteiger charge is -2.13. The van der Waals surface area contributed by atoms with E-state index in [0.29, 0.717) is 23.2 Å². The number of hydrogen-bond acceptors (Lipinski definition) is 3. The Morgan fingerprint density at radius 2 is 2.13 bits per heavy atom. The summed E-state index contributed by atoms with van der Waals surface area (Å²) in [6.07, 6.45) is 2.32. The van der Waals surface area contributed by atoms with Gasteiger partial charge in [0.2, 0.25) is 0 Å². The fourth-order valence-electron chi connectivity index (χ4n) is 2.03. The van der Waals surface area contributed by atoms with E-state index in [0.717, 1.165) is 12.0 Å². The number of nitrogens with one attached hydrogen (secondary N) is 1. The number of carbonyl (C=O) groups is 1. The third-order valence-corrected chi connectivity index (χ3v) is 4.03. The van der Waals surface area contributed by atoms with E-state index in [9.17, 15) is 4.79 Å². The molecule has 1 aromatic heterocycles. The zero-order valence-corrected chi connectivity index (χ0v) is 15.1. The van der Waals surface area contributed by atoms with Gasteiger partial charge in [-0.2, -0.15) is 0 Å². The Kier molecular flexibility index (Phi) is 7.02. The zero-order chi connectivity index (χ0) is 16.7. The third-order valence-electron chi connectivity index (χ3n) is 3.29. The normalized spacial score (nSPS) is 12.0. The van der Waals surface area contributed by atoms with Gasteiger partial charge in [0, 0.05) is 23.8 Å². The first kappa shape index (κ1) is 17.9. The minimum absolute atomic E-state index is 0.0376. The van der Waals surface area contributed by atoms with Crippen LogP contribution in [0.5, 0.6) is 0 Å². The minimum Gasteiger partial charge on any atom is -0.374 e. The largest absolute Gasteiger partial charge is 0.374 e. The Morgan fingerprint density at radius 1 is 1.39 bits per heavy atom. The summed E-state index contributed by atoms with van der Waals surface area (Å²) < 4.78 is 6.48. The van der Waals surface area contributed by atoms with E-state index < -0.39 is 0 Å². The highest BCUT2D eigenvalue weighted by Gasteiger charge is 2.11. The maximum Gasteiger partial charge on any atom is 0.254 e. The number of benzene rings is 1. The molecule has 2 aromatic rings. The molecule has 122 valence electrons. The van der Waals surface area contributed by atoms with Crippen LogP contribution in [0.25, 0.3) is 0 Å². The Bertz CT molecular complexity index is 652. The van der Waals surface area contributed by atoms with Crippen LogP contribution in [0, 0.1) is 0 Å². The molecule has 2 rings (SSSR count). The van der Waals surface area contributed by atoms with Crippen molar-refractivity contribution >= 4 is 33.4 Å². The van der Waals surface area contributed by atoms with E-state index in [2.05, 4.69) is 26.2 Å². The predicted octanol–water partition coefficient (Wildman–Crippen LogP) is 4.40. The first-order valence-electron chi connectivity index (χ1n) is 7.33. The van der Waals surface area contributed by atoms with Crippen molar-refractivity contribution in [2.75, 3.05) is 13.2 Å². The molecule has 1 amide bonds. The summed E-state index contributed by atoms with van der Waals surface area (Å²) in [6, 6.07) is 11.7. The summed E-state index contributed by atoms with van der Waals surface area (Å²) in [7, 11) is 0. The molecule has 0 bridgehead atoms. The standard InChI is InChI=1S/C17H18BrClN2O2/c1-12(13-6-3-2-4-7-13)23-9-5-8-20-17(22)15-10-14(18)11-21-16(15)19/h2-4,6-7,10-12H,5,8-9H2,1H3,(H,20,22). The summed E-state index contributed by atoms with van der Waals surface area (Å²) >= 11 is 9.20. The average Bonchev–Trinajstić information content (AvgIpc) is 2.57. The molecule has 1 aromatic carbocycles. The molecule has 1 unspecified atom stereocenters. The van der Waals surface area contributed by atoms with Crippen molar-refractivity contribution in [1.82, 2.24) is 10.3 Å². The molecule has 0 spiro atoms. The van der Waals surface area contributed by atoms with E-state index in [1.54, 1.807) is 12.3 Å². The van der Waals surface area contributed by atoms with Crippen molar-refractivity contribution in [2.45, 2.75) is 19.4 Å². The predicted molar refractivity (Wildman–Crippen MR) is 94.7 cm³/mol. The number of pyridine rings is 1. The van der Waals surface area contributed by atoms with Gasteiger partial charge in [-0.15, -0.1) is 0 Å². The number of ether oxygens (including phenoxy) is 1. The first-order valence-corrected chi connectivity index (χ1v) is 8.51. The molecule has 1 N–H and O–H groups in total. The minimum atomic E-state index is -0.236. The van der Waals surface area contributed by atoms with Gasteiger partial charge in [-0.3, -0.25) is 4.79 Å².